The summed E-state index contributed by atoms with van der Waals surface area (Å²) < 4.78 is 2.07. The molecule has 0 aliphatic heterocycles. The van der Waals surface area contributed by atoms with Crippen molar-refractivity contribution < 1.29 is 4.79 Å². The van der Waals surface area contributed by atoms with Gasteiger partial charge in [-0.05, 0) is 24.6 Å². The lowest BCUT2D eigenvalue weighted by Crippen LogP contribution is -2.40. The number of aryl methyl sites for hydroxylation is 1. The van der Waals surface area contributed by atoms with E-state index in [9.17, 15) is 14.4 Å². The molecule has 6 nitrogen and oxygen atoms in total. The van der Waals surface area contributed by atoms with Crippen LogP contribution in [0.5, 0.6) is 0 Å². The first-order valence-electron chi connectivity index (χ1n) is 6.16. The van der Waals surface area contributed by atoms with E-state index in [1.165, 1.54) is 24.9 Å². The zero-order valence-electron chi connectivity index (χ0n) is 11.8. The summed E-state index contributed by atoms with van der Waals surface area (Å²) in [6.45, 7) is 1.76. The van der Waals surface area contributed by atoms with Gasteiger partial charge in [0.05, 0.1) is 0 Å². The van der Waals surface area contributed by atoms with Crippen molar-refractivity contribution in [3.8, 4) is 0 Å². The number of anilines is 1. The molecule has 0 bridgehead atoms. The number of carbonyl (C=O) groups excluding carboxylic acids is 1. The van der Waals surface area contributed by atoms with Gasteiger partial charge in [-0.3, -0.25) is 14.2 Å². The van der Waals surface area contributed by atoms with Crippen LogP contribution >= 0.6 is 11.6 Å². The number of nitrogens with one attached hydrogen (secondary N) is 1. The molecule has 0 aliphatic rings. The fourth-order valence-corrected chi connectivity index (χ4v) is 2.07. The van der Waals surface area contributed by atoms with E-state index in [0.717, 1.165) is 4.57 Å². The molecule has 7 heteroatoms. The Balaban J connectivity index is 2.45. The monoisotopic (exact) mass is 307 g/mol. The van der Waals surface area contributed by atoms with Crippen LogP contribution in [0.1, 0.15) is 15.9 Å². The fourth-order valence-electron chi connectivity index (χ4n) is 1.90. The highest BCUT2D eigenvalue weighted by molar-refractivity contribution is 6.31. The highest BCUT2D eigenvalue weighted by Gasteiger charge is 2.15. The first kappa shape index (κ1) is 15.1. The Labute approximate surface area is 125 Å². The summed E-state index contributed by atoms with van der Waals surface area (Å²) in [5.41, 5.74) is -0.0256. The second-order valence-corrected chi connectivity index (χ2v) is 5.07. The van der Waals surface area contributed by atoms with Gasteiger partial charge in [0.2, 0.25) is 0 Å². The third kappa shape index (κ3) is 2.75. The highest BCUT2D eigenvalue weighted by atomic mass is 35.5. The van der Waals surface area contributed by atoms with Crippen LogP contribution in [-0.2, 0) is 14.1 Å². The number of amides is 1. The molecule has 0 unspecified atom stereocenters. The Morgan fingerprint density at radius 3 is 2.57 bits per heavy atom. The van der Waals surface area contributed by atoms with Gasteiger partial charge in [0, 0.05) is 31.0 Å². The molecule has 0 fully saturated rings. The third-order valence-corrected chi connectivity index (χ3v) is 3.62. The van der Waals surface area contributed by atoms with Crippen LogP contribution in [0.3, 0.4) is 0 Å². The van der Waals surface area contributed by atoms with Crippen LogP contribution in [0.15, 0.2) is 34.0 Å². The number of halogens is 1. The standard InChI is InChI=1S/C14H14ClN3O3/c1-8-10(15)5-4-6-11(8)16-12(19)9-7-17(2)14(21)18(3)13(9)20/h4-7H,1-3H3,(H,16,19). The van der Waals surface area contributed by atoms with Crippen molar-refractivity contribution in [2.24, 2.45) is 14.1 Å². The van der Waals surface area contributed by atoms with Crippen LogP contribution in [0, 0.1) is 6.92 Å². The average Bonchev–Trinajstić information content (AvgIpc) is 2.45. The van der Waals surface area contributed by atoms with Gasteiger partial charge >= 0.3 is 5.69 Å². The molecule has 0 saturated carbocycles. The lowest BCUT2D eigenvalue weighted by atomic mass is 10.2. The quantitative estimate of drug-likeness (QED) is 0.909. The van der Waals surface area contributed by atoms with Crippen molar-refractivity contribution in [2.75, 3.05) is 5.32 Å². The SMILES string of the molecule is Cc1c(Cl)cccc1NC(=O)c1cn(C)c(=O)n(C)c1=O. The van der Waals surface area contributed by atoms with Crippen LogP contribution < -0.4 is 16.6 Å². The van der Waals surface area contributed by atoms with Crippen molar-refractivity contribution in [3.63, 3.8) is 0 Å². The van der Waals surface area contributed by atoms with E-state index in [2.05, 4.69) is 5.32 Å². The lowest BCUT2D eigenvalue weighted by Gasteiger charge is -2.10. The van der Waals surface area contributed by atoms with Crippen molar-refractivity contribution in [2.45, 2.75) is 6.92 Å². The molecule has 0 spiro atoms. The summed E-state index contributed by atoms with van der Waals surface area (Å²) in [7, 11) is 2.80. The molecule has 110 valence electrons. The molecular formula is C14H14ClN3O3. The van der Waals surface area contributed by atoms with Crippen molar-refractivity contribution in [3.05, 3.63) is 61.4 Å². The summed E-state index contributed by atoms with van der Waals surface area (Å²) in [5, 5.41) is 3.14. The van der Waals surface area contributed by atoms with E-state index in [1.54, 1.807) is 25.1 Å². The number of aromatic nitrogens is 2. The minimum Gasteiger partial charge on any atom is -0.321 e. The predicted octanol–water partition coefficient (Wildman–Crippen LogP) is 1.30. The Hall–Kier alpha value is -2.34. The molecule has 0 aliphatic carbocycles. The van der Waals surface area contributed by atoms with Crippen molar-refractivity contribution >= 4 is 23.2 Å². The maximum Gasteiger partial charge on any atom is 0.330 e. The van der Waals surface area contributed by atoms with E-state index in [1.807, 2.05) is 0 Å². The summed E-state index contributed by atoms with van der Waals surface area (Å²) in [5.74, 6) is -0.587. The van der Waals surface area contributed by atoms with Gasteiger partial charge in [0.1, 0.15) is 5.56 Å². The van der Waals surface area contributed by atoms with Gasteiger partial charge < -0.3 is 9.88 Å². The van der Waals surface area contributed by atoms with Crippen LogP contribution in [-0.4, -0.2) is 15.0 Å². The Kier molecular flexibility index (Phi) is 3.99. The zero-order valence-corrected chi connectivity index (χ0v) is 12.6. The van der Waals surface area contributed by atoms with Gasteiger partial charge in [-0.25, -0.2) is 4.79 Å². The van der Waals surface area contributed by atoms with Crippen molar-refractivity contribution in [1.29, 1.82) is 0 Å². The predicted molar refractivity (Wildman–Crippen MR) is 81.1 cm³/mol. The van der Waals surface area contributed by atoms with Crippen LogP contribution in [0.2, 0.25) is 5.02 Å². The second kappa shape index (κ2) is 5.57. The third-order valence-electron chi connectivity index (χ3n) is 3.21. The number of hydrogen-bond donors (Lipinski definition) is 1. The molecule has 2 rings (SSSR count). The van der Waals surface area contributed by atoms with E-state index in [4.69, 9.17) is 11.6 Å². The van der Waals surface area contributed by atoms with Gasteiger partial charge in [0.25, 0.3) is 11.5 Å². The topological polar surface area (TPSA) is 73.1 Å². The summed E-state index contributed by atoms with van der Waals surface area (Å²) in [6.07, 6.45) is 1.22. The first-order chi connectivity index (χ1) is 9.82. The van der Waals surface area contributed by atoms with E-state index >= 15 is 0 Å². The minimum absolute atomic E-state index is 0.112. The molecule has 1 amide bonds. The van der Waals surface area contributed by atoms with Crippen molar-refractivity contribution in [1.82, 2.24) is 9.13 Å². The molecule has 0 saturated heterocycles. The Morgan fingerprint density at radius 2 is 1.90 bits per heavy atom. The van der Waals surface area contributed by atoms with E-state index in [0.29, 0.717) is 16.3 Å². The molecule has 0 radical (unpaired) electrons. The normalized spacial score (nSPS) is 10.5. The summed E-state index contributed by atoms with van der Waals surface area (Å²) in [6, 6.07) is 5.09. The number of benzene rings is 1. The van der Waals surface area contributed by atoms with Gasteiger partial charge in [-0.2, -0.15) is 0 Å². The lowest BCUT2D eigenvalue weighted by molar-refractivity contribution is 0.102. The number of hydrogen-bond acceptors (Lipinski definition) is 3. The fraction of sp³-hybridized carbons (Fsp3) is 0.214. The van der Waals surface area contributed by atoms with E-state index < -0.39 is 17.2 Å². The molecule has 2 aromatic rings. The van der Waals surface area contributed by atoms with Gasteiger partial charge in [0.15, 0.2) is 0 Å². The Bertz CT molecular complexity index is 836. The molecule has 1 aromatic heterocycles. The highest BCUT2D eigenvalue weighted by Crippen LogP contribution is 2.23. The van der Waals surface area contributed by atoms with Crippen LogP contribution in [0.4, 0.5) is 5.69 Å². The first-order valence-corrected chi connectivity index (χ1v) is 6.54. The summed E-state index contributed by atoms with van der Waals surface area (Å²) >= 11 is 5.98. The second-order valence-electron chi connectivity index (χ2n) is 4.67. The molecular weight excluding hydrogens is 294 g/mol. The molecule has 1 heterocycles. The maximum atomic E-state index is 12.2. The number of rotatable bonds is 2. The molecule has 1 aromatic carbocycles. The van der Waals surface area contributed by atoms with E-state index in [-0.39, 0.29) is 5.56 Å². The molecule has 1 N–H and O–H groups in total. The minimum atomic E-state index is -0.643. The van der Waals surface area contributed by atoms with Crippen LogP contribution in [0.25, 0.3) is 0 Å². The molecule has 0 atom stereocenters. The molecule has 21 heavy (non-hydrogen) atoms. The van der Waals surface area contributed by atoms with Gasteiger partial charge in [-0.15, -0.1) is 0 Å². The zero-order chi connectivity index (χ0) is 15.7. The average molecular weight is 308 g/mol. The number of carbonyl (C=O) groups is 1. The summed E-state index contributed by atoms with van der Waals surface area (Å²) in [4.78, 5) is 35.8. The Morgan fingerprint density at radius 1 is 1.24 bits per heavy atom. The number of nitrogens with zero attached hydrogens (tertiary/aromatic N) is 2. The smallest absolute Gasteiger partial charge is 0.321 e. The largest absolute Gasteiger partial charge is 0.330 e. The maximum absolute atomic E-state index is 12.2. The van der Waals surface area contributed by atoms with Gasteiger partial charge in [-0.1, -0.05) is 17.7 Å².